The quantitative estimate of drug-likeness (QED) is 0.298. The zero-order valence-corrected chi connectivity index (χ0v) is 16.2. The van der Waals surface area contributed by atoms with E-state index in [0.717, 1.165) is 0 Å². The summed E-state index contributed by atoms with van der Waals surface area (Å²) in [4.78, 5) is 24.0. The van der Waals surface area contributed by atoms with Crippen molar-refractivity contribution < 1.29 is 23.8 Å². The summed E-state index contributed by atoms with van der Waals surface area (Å²) in [5, 5.41) is 2.15. The second-order valence-electron chi connectivity index (χ2n) is 6.06. The average molecular weight is 407 g/mol. The molecule has 27 heavy (non-hydrogen) atoms. The van der Waals surface area contributed by atoms with Gasteiger partial charge in [0, 0.05) is 43.9 Å². The normalized spacial score (nSPS) is 12.8. The second kappa shape index (κ2) is 7.62. The first-order valence-electron chi connectivity index (χ1n) is 8.06. The van der Waals surface area contributed by atoms with Gasteiger partial charge in [-0.15, -0.1) is 0 Å². The molecule has 0 radical (unpaired) electrons. The van der Waals surface area contributed by atoms with Gasteiger partial charge >= 0.3 is 12.1 Å². The fourth-order valence-electron chi connectivity index (χ4n) is 2.90. The van der Waals surface area contributed by atoms with Crippen LogP contribution in [0, 0.1) is 0 Å². The predicted molar refractivity (Wildman–Crippen MR) is 104 cm³/mol. The zero-order valence-electron chi connectivity index (χ0n) is 14.7. The highest BCUT2D eigenvalue weighted by molar-refractivity contribution is 6.31. The van der Waals surface area contributed by atoms with Crippen molar-refractivity contribution in [1.82, 2.24) is 0 Å². The molecular weight excluding hydrogens is 391 g/mol. The third kappa shape index (κ3) is 3.80. The number of fused-ring (bicyclic) bond motifs is 2. The number of hydrogen-bond acceptors (Lipinski definition) is 5. The van der Waals surface area contributed by atoms with Gasteiger partial charge in [-0.3, -0.25) is 0 Å². The number of carbonyl (C=O) groups is 2. The van der Waals surface area contributed by atoms with Crippen LogP contribution in [-0.2, 0) is 22.4 Å². The van der Waals surface area contributed by atoms with Gasteiger partial charge in [-0.1, -0.05) is 35.9 Å². The number of halogens is 2. The molecule has 1 aliphatic carbocycles. The summed E-state index contributed by atoms with van der Waals surface area (Å²) in [6, 6.07) is 5.01. The highest BCUT2D eigenvalue weighted by Gasteiger charge is 2.27. The maximum atomic E-state index is 12.2. The summed E-state index contributed by atoms with van der Waals surface area (Å²) in [5.41, 5.74) is 1.62. The Morgan fingerprint density at radius 1 is 1.07 bits per heavy atom. The second-order valence-corrected chi connectivity index (χ2v) is 6.99. The predicted octanol–water partition coefficient (Wildman–Crippen LogP) is 5.34. The van der Waals surface area contributed by atoms with Crippen LogP contribution in [0.4, 0.5) is 4.79 Å². The lowest BCUT2D eigenvalue weighted by atomic mass is 9.90. The minimum Gasteiger partial charge on any atom is -0.437 e. The highest BCUT2D eigenvalue weighted by atomic mass is 35.5. The Kier molecular flexibility index (Phi) is 5.44. The molecule has 0 unspecified atom stereocenters. The van der Waals surface area contributed by atoms with E-state index in [4.69, 9.17) is 32.7 Å². The standard InChI is InChI=1S/C20H16Cl2O5/c1-10(2)19(23)26-17-13-6-4-12(22)9-16(13)18(27-20(24)25-3)14-7-5-11(21)8-15(14)17/h4-6,9H,1,7-8H2,2-3H3. The molecular formula is C20H16Cl2O5. The molecule has 140 valence electrons. The lowest BCUT2D eigenvalue weighted by molar-refractivity contribution is -0.130. The van der Waals surface area contributed by atoms with Gasteiger partial charge in [-0.25, -0.2) is 9.59 Å². The Balaban J connectivity index is 2.33. The number of carbonyl (C=O) groups excluding carboxylic acids is 2. The van der Waals surface area contributed by atoms with Crippen LogP contribution < -0.4 is 9.47 Å². The summed E-state index contributed by atoms with van der Waals surface area (Å²) in [6.07, 6.45) is 1.70. The van der Waals surface area contributed by atoms with E-state index in [1.54, 1.807) is 25.1 Å². The molecule has 3 rings (SSSR count). The maximum Gasteiger partial charge on any atom is 0.513 e. The fourth-order valence-corrected chi connectivity index (χ4v) is 3.28. The molecule has 7 heteroatoms. The molecule has 2 aromatic carbocycles. The highest BCUT2D eigenvalue weighted by Crippen LogP contribution is 2.45. The van der Waals surface area contributed by atoms with Gasteiger partial charge in [0.05, 0.1) is 7.11 Å². The number of allylic oxidation sites excluding steroid dienone is 2. The van der Waals surface area contributed by atoms with E-state index in [1.165, 1.54) is 7.11 Å². The molecule has 5 nitrogen and oxygen atoms in total. The third-order valence-corrected chi connectivity index (χ3v) is 4.67. The minimum atomic E-state index is -0.856. The minimum absolute atomic E-state index is 0.262. The van der Waals surface area contributed by atoms with Crippen LogP contribution in [-0.4, -0.2) is 19.2 Å². The monoisotopic (exact) mass is 406 g/mol. The molecule has 2 aromatic rings. The Morgan fingerprint density at radius 3 is 2.44 bits per heavy atom. The Morgan fingerprint density at radius 2 is 1.78 bits per heavy atom. The van der Waals surface area contributed by atoms with Crippen molar-refractivity contribution in [3.8, 4) is 11.5 Å². The van der Waals surface area contributed by atoms with Gasteiger partial charge in [0.1, 0.15) is 11.5 Å². The Bertz CT molecular complexity index is 1010. The topological polar surface area (TPSA) is 61.8 Å². The van der Waals surface area contributed by atoms with E-state index in [2.05, 4.69) is 11.3 Å². The van der Waals surface area contributed by atoms with E-state index in [9.17, 15) is 9.59 Å². The van der Waals surface area contributed by atoms with Crippen LogP contribution in [0.5, 0.6) is 11.5 Å². The van der Waals surface area contributed by atoms with Crippen LogP contribution >= 0.6 is 23.2 Å². The van der Waals surface area contributed by atoms with E-state index < -0.39 is 12.1 Å². The van der Waals surface area contributed by atoms with Gasteiger partial charge in [0.2, 0.25) is 0 Å². The lowest BCUT2D eigenvalue weighted by Gasteiger charge is -2.23. The van der Waals surface area contributed by atoms with Crippen molar-refractivity contribution >= 4 is 46.1 Å². The van der Waals surface area contributed by atoms with Crippen molar-refractivity contribution in [3.63, 3.8) is 0 Å². The molecule has 1 aliphatic rings. The van der Waals surface area contributed by atoms with Crippen molar-refractivity contribution in [2.45, 2.75) is 19.8 Å². The van der Waals surface area contributed by atoms with Crippen molar-refractivity contribution in [1.29, 1.82) is 0 Å². The Labute approximate surface area is 166 Å². The Hall–Kier alpha value is -2.50. The van der Waals surface area contributed by atoms with Crippen LogP contribution in [0.25, 0.3) is 10.8 Å². The molecule has 0 amide bonds. The maximum absolute atomic E-state index is 12.2. The molecule has 0 atom stereocenters. The first kappa shape index (κ1) is 19.3. The molecule has 0 N–H and O–H groups in total. The van der Waals surface area contributed by atoms with E-state index in [1.807, 2.05) is 6.08 Å². The summed E-state index contributed by atoms with van der Waals surface area (Å²) >= 11 is 12.4. The fraction of sp³-hybridized carbons (Fsp3) is 0.200. The van der Waals surface area contributed by atoms with Crippen LogP contribution in [0.3, 0.4) is 0 Å². The molecule has 0 saturated heterocycles. The van der Waals surface area contributed by atoms with Crippen LogP contribution in [0.2, 0.25) is 5.02 Å². The smallest absolute Gasteiger partial charge is 0.437 e. The number of ether oxygens (including phenoxy) is 3. The molecule has 0 aromatic heterocycles. The SMILES string of the molecule is C=C(C)C(=O)Oc1c2c(c(OC(=O)OC)c3cc(Cl)ccc13)CC=C(Cl)C2. The number of hydrogen-bond donors (Lipinski definition) is 0. The first-order valence-corrected chi connectivity index (χ1v) is 8.82. The molecule has 0 spiro atoms. The molecule has 0 fully saturated rings. The van der Waals surface area contributed by atoms with Gasteiger partial charge in [0.15, 0.2) is 0 Å². The number of rotatable bonds is 3. The number of benzene rings is 2. The van der Waals surface area contributed by atoms with Crippen LogP contribution in [0.15, 0.2) is 41.5 Å². The van der Waals surface area contributed by atoms with E-state index >= 15 is 0 Å². The van der Waals surface area contributed by atoms with Crippen LogP contribution in [0.1, 0.15) is 18.1 Å². The van der Waals surface area contributed by atoms with Crippen molar-refractivity contribution in [3.05, 3.63) is 57.6 Å². The molecule has 0 heterocycles. The molecule has 0 bridgehead atoms. The molecule has 0 saturated carbocycles. The van der Waals surface area contributed by atoms with Crippen molar-refractivity contribution in [2.24, 2.45) is 0 Å². The average Bonchev–Trinajstić information content (AvgIpc) is 2.63. The summed E-state index contributed by atoms with van der Waals surface area (Å²) in [5.74, 6) is 0.110. The summed E-state index contributed by atoms with van der Waals surface area (Å²) in [7, 11) is 1.23. The summed E-state index contributed by atoms with van der Waals surface area (Å²) < 4.78 is 15.7. The lowest BCUT2D eigenvalue weighted by Crippen LogP contribution is -2.15. The van der Waals surface area contributed by atoms with E-state index in [-0.39, 0.29) is 5.57 Å². The van der Waals surface area contributed by atoms with Crippen molar-refractivity contribution in [2.75, 3.05) is 7.11 Å². The zero-order chi connectivity index (χ0) is 19.7. The largest absolute Gasteiger partial charge is 0.513 e. The van der Waals surface area contributed by atoms with Gasteiger partial charge < -0.3 is 14.2 Å². The first-order chi connectivity index (χ1) is 12.8. The summed E-state index contributed by atoms with van der Waals surface area (Å²) in [6.45, 7) is 5.19. The van der Waals surface area contributed by atoms with Gasteiger partial charge in [-0.2, -0.15) is 0 Å². The number of esters is 1. The van der Waals surface area contributed by atoms with Gasteiger partial charge in [0.25, 0.3) is 0 Å². The third-order valence-electron chi connectivity index (χ3n) is 4.15. The number of methoxy groups -OCH3 is 1. The van der Waals surface area contributed by atoms with Gasteiger partial charge in [-0.05, 0) is 31.5 Å². The van der Waals surface area contributed by atoms with E-state index in [0.29, 0.717) is 56.3 Å². The molecule has 0 aliphatic heterocycles.